The second-order valence-corrected chi connectivity index (χ2v) is 5.00. The monoisotopic (exact) mass is 291 g/mol. The topological polar surface area (TPSA) is 44.5 Å². The Hall–Kier alpha value is -2.14. The molecule has 0 spiro atoms. The van der Waals surface area contributed by atoms with Crippen LogP contribution < -0.4 is 15.2 Å². The maximum atomic E-state index is 13.7. The number of fused-ring (bicyclic) bond motifs is 1. The van der Waals surface area contributed by atoms with Crippen LogP contribution in [0.2, 0.25) is 0 Å². The van der Waals surface area contributed by atoms with Crippen LogP contribution in [0, 0.1) is 11.6 Å². The molecule has 0 bridgehead atoms. The standard InChI is InChI=1S/C16H15F2NO2/c1-20-10-6-5-9-7-14(16(19)11(9)8-10)21-13-4-2-3-12(17)15(13)18/h2-6,8,14,16H,7,19H2,1H3. The van der Waals surface area contributed by atoms with E-state index < -0.39 is 23.8 Å². The van der Waals surface area contributed by atoms with Crippen molar-refractivity contribution in [2.24, 2.45) is 5.73 Å². The third kappa shape index (κ3) is 2.45. The molecule has 3 nitrogen and oxygen atoms in total. The van der Waals surface area contributed by atoms with Gasteiger partial charge in [0.25, 0.3) is 0 Å². The maximum absolute atomic E-state index is 13.7. The van der Waals surface area contributed by atoms with Crippen LogP contribution >= 0.6 is 0 Å². The van der Waals surface area contributed by atoms with Crippen LogP contribution in [0.1, 0.15) is 17.2 Å². The number of nitrogens with two attached hydrogens (primary N) is 1. The predicted octanol–water partition coefficient (Wildman–Crippen LogP) is 2.98. The lowest BCUT2D eigenvalue weighted by Gasteiger charge is -2.19. The van der Waals surface area contributed by atoms with Crippen LogP contribution in [-0.4, -0.2) is 13.2 Å². The Morgan fingerprint density at radius 3 is 2.76 bits per heavy atom. The van der Waals surface area contributed by atoms with E-state index in [1.165, 1.54) is 12.1 Å². The van der Waals surface area contributed by atoms with Gasteiger partial charge < -0.3 is 15.2 Å². The van der Waals surface area contributed by atoms with Gasteiger partial charge in [-0.1, -0.05) is 12.1 Å². The normalized spacial score (nSPS) is 20.2. The number of benzene rings is 2. The first-order valence-electron chi connectivity index (χ1n) is 6.63. The Balaban J connectivity index is 1.84. The molecule has 1 aliphatic rings. The van der Waals surface area contributed by atoms with Gasteiger partial charge in [0.05, 0.1) is 13.2 Å². The van der Waals surface area contributed by atoms with Crippen molar-refractivity contribution in [2.75, 3.05) is 7.11 Å². The van der Waals surface area contributed by atoms with Crippen molar-refractivity contribution in [3.8, 4) is 11.5 Å². The summed E-state index contributed by atoms with van der Waals surface area (Å²) in [5, 5.41) is 0. The van der Waals surface area contributed by atoms with Crippen molar-refractivity contribution in [3.05, 3.63) is 59.2 Å². The molecule has 110 valence electrons. The molecule has 0 aromatic heterocycles. The van der Waals surface area contributed by atoms with E-state index in [-0.39, 0.29) is 5.75 Å². The third-order valence-electron chi connectivity index (χ3n) is 3.73. The van der Waals surface area contributed by atoms with Gasteiger partial charge in [0, 0.05) is 6.42 Å². The largest absolute Gasteiger partial charge is 0.497 e. The van der Waals surface area contributed by atoms with E-state index in [1.807, 2.05) is 18.2 Å². The predicted molar refractivity (Wildman–Crippen MR) is 74.4 cm³/mol. The van der Waals surface area contributed by atoms with Crippen molar-refractivity contribution in [3.63, 3.8) is 0 Å². The number of hydrogen-bond acceptors (Lipinski definition) is 3. The van der Waals surface area contributed by atoms with Crippen LogP contribution in [-0.2, 0) is 6.42 Å². The first-order valence-corrected chi connectivity index (χ1v) is 6.63. The molecule has 2 atom stereocenters. The van der Waals surface area contributed by atoms with Crippen LogP contribution in [0.3, 0.4) is 0 Å². The highest BCUT2D eigenvalue weighted by atomic mass is 19.2. The molecule has 0 saturated heterocycles. The summed E-state index contributed by atoms with van der Waals surface area (Å²) < 4.78 is 37.6. The van der Waals surface area contributed by atoms with Crippen LogP contribution in [0.25, 0.3) is 0 Å². The summed E-state index contributed by atoms with van der Waals surface area (Å²) in [6.07, 6.45) is 0.125. The Morgan fingerprint density at radius 1 is 1.19 bits per heavy atom. The van der Waals surface area contributed by atoms with Gasteiger partial charge in [0.2, 0.25) is 5.82 Å². The fraction of sp³-hybridized carbons (Fsp3) is 0.250. The lowest BCUT2D eigenvalue weighted by atomic mass is 10.1. The molecule has 21 heavy (non-hydrogen) atoms. The number of hydrogen-bond donors (Lipinski definition) is 1. The van der Waals surface area contributed by atoms with Gasteiger partial charge in [-0.15, -0.1) is 0 Å². The highest BCUT2D eigenvalue weighted by Crippen LogP contribution is 2.35. The Labute approximate surface area is 121 Å². The smallest absolute Gasteiger partial charge is 0.200 e. The second-order valence-electron chi connectivity index (χ2n) is 5.00. The fourth-order valence-corrected chi connectivity index (χ4v) is 2.59. The molecule has 0 heterocycles. The third-order valence-corrected chi connectivity index (χ3v) is 3.73. The average Bonchev–Trinajstić information content (AvgIpc) is 2.80. The molecule has 2 unspecified atom stereocenters. The van der Waals surface area contributed by atoms with Crippen molar-refractivity contribution in [1.82, 2.24) is 0 Å². The lowest BCUT2D eigenvalue weighted by Crippen LogP contribution is -2.28. The molecule has 0 fully saturated rings. The molecule has 0 amide bonds. The van der Waals surface area contributed by atoms with Gasteiger partial charge >= 0.3 is 0 Å². The highest BCUT2D eigenvalue weighted by Gasteiger charge is 2.32. The molecule has 0 saturated carbocycles. The summed E-state index contributed by atoms with van der Waals surface area (Å²) in [4.78, 5) is 0. The summed E-state index contributed by atoms with van der Waals surface area (Å²) in [5.41, 5.74) is 8.10. The molecule has 1 aliphatic carbocycles. The quantitative estimate of drug-likeness (QED) is 0.945. The molecule has 5 heteroatoms. The van der Waals surface area contributed by atoms with Gasteiger partial charge in [-0.25, -0.2) is 4.39 Å². The van der Waals surface area contributed by atoms with E-state index in [4.69, 9.17) is 15.2 Å². The Kier molecular flexibility index (Phi) is 3.51. The van der Waals surface area contributed by atoms with Gasteiger partial charge in [-0.3, -0.25) is 0 Å². The summed E-state index contributed by atoms with van der Waals surface area (Å²) in [5.74, 6) is -1.33. The maximum Gasteiger partial charge on any atom is 0.200 e. The van der Waals surface area contributed by atoms with Gasteiger partial charge in [0.1, 0.15) is 11.9 Å². The highest BCUT2D eigenvalue weighted by molar-refractivity contribution is 5.42. The minimum Gasteiger partial charge on any atom is -0.497 e. The van der Waals surface area contributed by atoms with Crippen molar-refractivity contribution < 1.29 is 18.3 Å². The van der Waals surface area contributed by atoms with E-state index in [1.54, 1.807) is 7.11 Å². The lowest BCUT2D eigenvalue weighted by molar-refractivity contribution is 0.175. The second kappa shape index (κ2) is 5.33. The van der Waals surface area contributed by atoms with Crippen molar-refractivity contribution in [2.45, 2.75) is 18.6 Å². The Bertz CT molecular complexity index is 675. The molecular weight excluding hydrogens is 276 g/mol. The molecule has 3 rings (SSSR count). The van der Waals surface area contributed by atoms with Crippen molar-refractivity contribution >= 4 is 0 Å². The first-order chi connectivity index (χ1) is 10.1. The van der Waals surface area contributed by atoms with E-state index in [0.717, 1.165) is 17.2 Å². The zero-order chi connectivity index (χ0) is 15.0. The minimum atomic E-state index is -0.988. The molecule has 2 aromatic carbocycles. The van der Waals surface area contributed by atoms with E-state index >= 15 is 0 Å². The fourth-order valence-electron chi connectivity index (χ4n) is 2.59. The van der Waals surface area contributed by atoms with Gasteiger partial charge in [-0.2, -0.15) is 4.39 Å². The molecule has 0 radical (unpaired) electrons. The zero-order valence-electron chi connectivity index (χ0n) is 11.5. The number of halogens is 2. The van der Waals surface area contributed by atoms with Crippen molar-refractivity contribution in [1.29, 1.82) is 0 Å². The molecule has 2 N–H and O–H groups in total. The van der Waals surface area contributed by atoms with Crippen LogP contribution in [0.15, 0.2) is 36.4 Å². The average molecular weight is 291 g/mol. The summed E-state index contributed by atoms with van der Waals surface area (Å²) in [7, 11) is 1.58. The summed E-state index contributed by atoms with van der Waals surface area (Å²) in [6, 6.07) is 9.06. The Morgan fingerprint density at radius 2 is 2.00 bits per heavy atom. The zero-order valence-corrected chi connectivity index (χ0v) is 11.5. The van der Waals surface area contributed by atoms with E-state index in [0.29, 0.717) is 12.2 Å². The first kappa shape index (κ1) is 13.8. The summed E-state index contributed by atoms with van der Waals surface area (Å²) >= 11 is 0. The SMILES string of the molecule is COc1ccc2c(c1)C(N)C(Oc1cccc(F)c1F)C2. The van der Waals surface area contributed by atoms with Crippen LogP contribution in [0.4, 0.5) is 8.78 Å². The minimum absolute atomic E-state index is 0.116. The molecule has 0 aliphatic heterocycles. The van der Waals surface area contributed by atoms with E-state index in [2.05, 4.69) is 0 Å². The van der Waals surface area contributed by atoms with E-state index in [9.17, 15) is 8.78 Å². The van der Waals surface area contributed by atoms with Gasteiger partial charge in [0.15, 0.2) is 11.6 Å². The number of methoxy groups -OCH3 is 1. The molecular formula is C16H15F2NO2. The molecule has 2 aromatic rings. The summed E-state index contributed by atoms with van der Waals surface area (Å²) in [6.45, 7) is 0. The number of ether oxygens (including phenoxy) is 2. The number of rotatable bonds is 3. The van der Waals surface area contributed by atoms with Gasteiger partial charge in [-0.05, 0) is 35.4 Å². The van der Waals surface area contributed by atoms with Crippen LogP contribution in [0.5, 0.6) is 11.5 Å².